The van der Waals surface area contributed by atoms with E-state index < -0.39 is 0 Å². The summed E-state index contributed by atoms with van der Waals surface area (Å²) in [6, 6.07) is 11.5. The van der Waals surface area contributed by atoms with E-state index in [0.717, 1.165) is 34.5 Å². The SMILES string of the molecule is CC(=O)N1CCc2cc(NC(=O)[C@H]3CC(=O)N(c4cccc(C)c4C)C3)ccc21. The molecule has 3 amide bonds. The molecule has 29 heavy (non-hydrogen) atoms. The monoisotopic (exact) mass is 391 g/mol. The Bertz CT molecular complexity index is 1010. The van der Waals surface area contributed by atoms with Crippen molar-refractivity contribution < 1.29 is 14.4 Å². The van der Waals surface area contributed by atoms with Gasteiger partial charge >= 0.3 is 0 Å². The summed E-state index contributed by atoms with van der Waals surface area (Å²) in [5.74, 6) is -0.529. The van der Waals surface area contributed by atoms with Gasteiger partial charge in [-0.15, -0.1) is 0 Å². The summed E-state index contributed by atoms with van der Waals surface area (Å²) in [5, 5.41) is 2.95. The summed E-state index contributed by atoms with van der Waals surface area (Å²) < 4.78 is 0. The largest absolute Gasteiger partial charge is 0.326 e. The number of rotatable bonds is 3. The van der Waals surface area contributed by atoms with Gasteiger partial charge in [0.1, 0.15) is 0 Å². The second kappa shape index (κ2) is 7.35. The van der Waals surface area contributed by atoms with Gasteiger partial charge in [-0.1, -0.05) is 12.1 Å². The van der Waals surface area contributed by atoms with Gasteiger partial charge in [0.25, 0.3) is 0 Å². The number of carbonyl (C=O) groups excluding carboxylic acids is 3. The van der Waals surface area contributed by atoms with Crippen LogP contribution >= 0.6 is 0 Å². The second-order valence-electron chi connectivity index (χ2n) is 7.88. The zero-order chi connectivity index (χ0) is 20.7. The van der Waals surface area contributed by atoms with Gasteiger partial charge in [-0.3, -0.25) is 14.4 Å². The predicted octanol–water partition coefficient (Wildman–Crippen LogP) is 3.20. The van der Waals surface area contributed by atoms with Crippen molar-refractivity contribution in [2.75, 3.05) is 28.2 Å². The standard InChI is InChI=1S/C23H25N3O3/c1-14-5-4-6-20(15(14)2)26-13-18(12-22(26)28)23(29)24-19-7-8-21-17(11-19)9-10-25(21)16(3)27/h4-8,11,18H,9-10,12-13H2,1-3H3,(H,24,29)/t18-/m0/s1. The third-order valence-corrected chi connectivity index (χ3v) is 5.99. The van der Waals surface area contributed by atoms with Crippen LogP contribution in [0.25, 0.3) is 0 Å². The lowest BCUT2D eigenvalue weighted by molar-refractivity contribution is -0.122. The normalized spacial score (nSPS) is 18.2. The Morgan fingerprint density at radius 3 is 2.66 bits per heavy atom. The fraction of sp³-hybridized carbons (Fsp3) is 0.348. The molecular weight excluding hydrogens is 366 g/mol. The molecule has 0 radical (unpaired) electrons. The van der Waals surface area contributed by atoms with Crippen molar-refractivity contribution in [3.05, 3.63) is 53.1 Å². The summed E-state index contributed by atoms with van der Waals surface area (Å²) in [5.41, 5.74) is 5.74. The minimum atomic E-state index is -0.385. The van der Waals surface area contributed by atoms with Crippen molar-refractivity contribution in [2.24, 2.45) is 5.92 Å². The van der Waals surface area contributed by atoms with Crippen LogP contribution in [0.3, 0.4) is 0 Å². The maximum absolute atomic E-state index is 12.8. The molecule has 2 aromatic rings. The highest BCUT2D eigenvalue weighted by Gasteiger charge is 2.36. The number of hydrogen-bond acceptors (Lipinski definition) is 3. The number of anilines is 3. The fourth-order valence-electron chi connectivity index (χ4n) is 4.19. The van der Waals surface area contributed by atoms with Gasteiger partial charge < -0.3 is 15.1 Å². The molecule has 1 saturated heterocycles. The Balaban J connectivity index is 1.47. The van der Waals surface area contributed by atoms with E-state index in [1.807, 2.05) is 50.2 Å². The van der Waals surface area contributed by atoms with E-state index in [2.05, 4.69) is 5.32 Å². The molecule has 2 heterocycles. The first kappa shape index (κ1) is 19.2. The molecule has 4 rings (SSSR count). The number of benzene rings is 2. The molecule has 0 bridgehead atoms. The van der Waals surface area contributed by atoms with Crippen molar-refractivity contribution in [1.82, 2.24) is 0 Å². The molecule has 1 N–H and O–H groups in total. The molecule has 6 nitrogen and oxygen atoms in total. The third-order valence-electron chi connectivity index (χ3n) is 5.99. The second-order valence-corrected chi connectivity index (χ2v) is 7.88. The fourth-order valence-corrected chi connectivity index (χ4v) is 4.19. The van der Waals surface area contributed by atoms with E-state index in [0.29, 0.717) is 18.8 Å². The number of fused-ring (bicyclic) bond motifs is 1. The average Bonchev–Trinajstić information content (AvgIpc) is 3.27. The highest BCUT2D eigenvalue weighted by atomic mass is 16.2. The van der Waals surface area contributed by atoms with E-state index in [9.17, 15) is 14.4 Å². The lowest BCUT2D eigenvalue weighted by atomic mass is 10.1. The van der Waals surface area contributed by atoms with Crippen LogP contribution in [0.4, 0.5) is 17.1 Å². The Hall–Kier alpha value is -3.15. The molecule has 0 aliphatic carbocycles. The summed E-state index contributed by atoms with van der Waals surface area (Å²) >= 11 is 0. The molecule has 150 valence electrons. The number of hydrogen-bond donors (Lipinski definition) is 1. The van der Waals surface area contributed by atoms with E-state index in [4.69, 9.17) is 0 Å². The van der Waals surface area contributed by atoms with E-state index >= 15 is 0 Å². The third kappa shape index (κ3) is 3.50. The number of nitrogens with zero attached hydrogens (tertiary/aromatic N) is 2. The topological polar surface area (TPSA) is 69.7 Å². The molecule has 1 fully saturated rings. The predicted molar refractivity (Wildman–Crippen MR) is 113 cm³/mol. The Labute approximate surface area is 170 Å². The molecule has 0 unspecified atom stereocenters. The Kier molecular flexibility index (Phi) is 4.86. The first-order chi connectivity index (χ1) is 13.8. The summed E-state index contributed by atoms with van der Waals surface area (Å²) in [6.07, 6.45) is 0.989. The van der Waals surface area contributed by atoms with Gasteiger partial charge in [-0.2, -0.15) is 0 Å². The minimum Gasteiger partial charge on any atom is -0.326 e. The van der Waals surface area contributed by atoms with Crippen molar-refractivity contribution in [1.29, 1.82) is 0 Å². The highest BCUT2D eigenvalue weighted by Crippen LogP contribution is 2.32. The van der Waals surface area contributed by atoms with Gasteiger partial charge in [-0.05, 0) is 61.2 Å². The Morgan fingerprint density at radius 2 is 1.90 bits per heavy atom. The maximum atomic E-state index is 12.8. The highest BCUT2D eigenvalue weighted by molar-refractivity contribution is 6.04. The molecule has 0 aromatic heterocycles. The summed E-state index contributed by atoms with van der Waals surface area (Å²) in [7, 11) is 0. The molecule has 0 spiro atoms. The van der Waals surface area contributed by atoms with E-state index in [1.54, 1.807) is 16.7 Å². The molecule has 0 saturated carbocycles. The van der Waals surface area contributed by atoms with Crippen LogP contribution in [0.5, 0.6) is 0 Å². The lowest BCUT2D eigenvalue weighted by Crippen LogP contribution is -2.28. The number of nitrogens with one attached hydrogen (secondary N) is 1. The van der Waals surface area contributed by atoms with Crippen molar-refractivity contribution in [2.45, 2.75) is 33.6 Å². The molecule has 1 atom stereocenters. The molecule has 6 heteroatoms. The minimum absolute atomic E-state index is 0.0232. The van der Waals surface area contributed by atoms with Crippen molar-refractivity contribution in [3.63, 3.8) is 0 Å². The zero-order valence-corrected chi connectivity index (χ0v) is 17.0. The number of carbonyl (C=O) groups is 3. The van der Waals surface area contributed by atoms with Crippen molar-refractivity contribution in [3.8, 4) is 0 Å². The Morgan fingerprint density at radius 1 is 1.10 bits per heavy atom. The van der Waals surface area contributed by atoms with E-state index in [1.165, 1.54) is 0 Å². The van der Waals surface area contributed by atoms with Crippen LogP contribution in [0.2, 0.25) is 0 Å². The lowest BCUT2D eigenvalue weighted by Gasteiger charge is -2.20. The average molecular weight is 391 g/mol. The zero-order valence-electron chi connectivity index (χ0n) is 17.0. The van der Waals surface area contributed by atoms with Crippen LogP contribution in [-0.4, -0.2) is 30.8 Å². The van der Waals surface area contributed by atoms with Crippen LogP contribution in [0, 0.1) is 19.8 Å². The van der Waals surface area contributed by atoms with Crippen LogP contribution < -0.4 is 15.1 Å². The number of amides is 3. The quantitative estimate of drug-likeness (QED) is 0.874. The van der Waals surface area contributed by atoms with Crippen LogP contribution in [-0.2, 0) is 20.8 Å². The molecule has 2 aliphatic rings. The van der Waals surface area contributed by atoms with E-state index in [-0.39, 0.29) is 30.1 Å². The first-order valence-electron chi connectivity index (χ1n) is 9.93. The molecule has 2 aromatic carbocycles. The first-order valence-corrected chi connectivity index (χ1v) is 9.93. The van der Waals surface area contributed by atoms with Crippen LogP contribution in [0.15, 0.2) is 36.4 Å². The molecular formula is C23H25N3O3. The van der Waals surface area contributed by atoms with Gasteiger partial charge in [0.2, 0.25) is 17.7 Å². The summed E-state index contributed by atoms with van der Waals surface area (Å²) in [4.78, 5) is 40.5. The van der Waals surface area contributed by atoms with Crippen LogP contribution in [0.1, 0.15) is 30.0 Å². The van der Waals surface area contributed by atoms with Crippen molar-refractivity contribution >= 4 is 34.8 Å². The van der Waals surface area contributed by atoms with Gasteiger partial charge in [0.05, 0.1) is 5.92 Å². The summed E-state index contributed by atoms with van der Waals surface area (Å²) in [6.45, 7) is 6.64. The molecule has 2 aliphatic heterocycles. The van der Waals surface area contributed by atoms with Gasteiger partial charge in [-0.25, -0.2) is 0 Å². The number of aryl methyl sites for hydroxylation is 1. The smallest absolute Gasteiger partial charge is 0.229 e. The van der Waals surface area contributed by atoms with Gasteiger partial charge in [0, 0.05) is 43.5 Å². The maximum Gasteiger partial charge on any atom is 0.229 e. The van der Waals surface area contributed by atoms with Gasteiger partial charge in [0.15, 0.2) is 0 Å².